The molecular weight excluding hydrogens is 270 g/mol. The van der Waals surface area contributed by atoms with Crippen molar-refractivity contribution in [2.24, 2.45) is 0 Å². The van der Waals surface area contributed by atoms with E-state index in [-0.39, 0.29) is 5.75 Å². The van der Waals surface area contributed by atoms with Crippen LogP contribution in [0.25, 0.3) is 0 Å². The number of thiazole rings is 1. The highest BCUT2D eigenvalue weighted by Crippen LogP contribution is 2.16. The molecule has 0 aromatic carbocycles. The summed E-state index contributed by atoms with van der Waals surface area (Å²) in [6.07, 6.45) is 1.27. The van der Waals surface area contributed by atoms with Gasteiger partial charge in [0.15, 0.2) is 5.13 Å². The van der Waals surface area contributed by atoms with Crippen molar-refractivity contribution in [1.29, 1.82) is 0 Å². The van der Waals surface area contributed by atoms with Crippen LogP contribution in [0.15, 0.2) is 5.38 Å². The predicted octanol–water partition coefficient (Wildman–Crippen LogP) is 1.44. The third kappa shape index (κ3) is 5.79. The summed E-state index contributed by atoms with van der Waals surface area (Å²) in [5.41, 5.74) is 0.992. The van der Waals surface area contributed by atoms with Gasteiger partial charge >= 0.3 is 0 Å². The van der Waals surface area contributed by atoms with Crippen LogP contribution in [0.3, 0.4) is 0 Å². The molecule has 0 atom stereocenters. The third-order valence-corrected chi connectivity index (χ3v) is 4.26. The van der Waals surface area contributed by atoms with Crippen molar-refractivity contribution >= 4 is 26.3 Å². The summed E-state index contributed by atoms with van der Waals surface area (Å²) in [4.78, 5) is 6.54. The lowest BCUT2D eigenvalue weighted by Crippen LogP contribution is -2.28. The first-order valence-electron chi connectivity index (χ1n) is 6.03. The molecular formula is C11H21N3O2S2. The quantitative estimate of drug-likeness (QED) is 0.785. The SMILES string of the molecule is CCNc1nc(CN(CC)CCS(C)(=O)=O)cs1. The lowest BCUT2D eigenvalue weighted by molar-refractivity contribution is 0.294. The zero-order valence-electron chi connectivity index (χ0n) is 11.1. The number of hydrogen-bond donors (Lipinski definition) is 1. The first kappa shape index (κ1) is 15.4. The van der Waals surface area contributed by atoms with Gasteiger partial charge in [-0.25, -0.2) is 13.4 Å². The summed E-state index contributed by atoms with van der Waals surface area (Å²) < 4.78 is 22.3. The lowest BCUT2D eigenvalue weighted by Gasteiger charge is -2.18. The number of nitrogens with one attached hydrogen (secondary N) is 1. The summed E-state index contributed by atoms with van der Waals surface area (Å²) >= 11 is 1.58. The fourth-order valence-electron chi connectivity index (χ4n) is 1.49. The zero-order valence-corrected chi connectivity index (χ0v) is 12.8. The van der Waals surface area contributed by atoms with E-state index in [4.69, 9.17) is 0 Å². The lowest BCUT2D eigenvalue weighted by atomic mass is 10.4. The summed E-state index contributed by atoms with van der Waals surface area (Å²) in [5, 5.41) is 6.11. The Kier molecular flexibility index (Phi) is 6.04. The Labute approximate surface area is 113 Å². The maximum Gasteiger partial charge on any atom is 0.182 e. The molecule has 0 aliphatic rings. The van der Waals surface area contributed by atoms with E-state index >= 15 is 0 Å². The molecule has 0 fully saturated rings. The Morgan fingerprint density at radius 3 is 2.72 bits per heavy atom. The maximum absolute atomic E-state index is 11.1. The molecule has 1 rings (SSSR count). The highest BCUT2D eigenvalue weighted by molar-refractivity contribution is 7.90. The Hall–Kier alpha value is -0.660. The van der Waals surface area contributed by atoms with E-state index in [2.05, 4.69) is 15.2 Å². The van der Waals surface area contributed by atoms with E-state index in [1.807, 2.05) is 19.2 Å². The first-order chi connectivity index (χ1) is 8.44. The molecule has 0 aliphatic heterocycles. The minimum atomic E-state index is -2.90. The van der Waals surface area contributed by atoms with E-state index in [0.717, 1.165) is 23.9 Å². The van der Waals surface area contributed by atoms with Gasteiger partial charge in [0.05, 0.1) is 11.4 Å². The number of sulfone groups is 1. The van der Waals surface area contributed by atoms with Crippen molar-refractivity contribution in [3.8, 4) is 0 Å². The smallest absolute Gasteiger partial charge is 0.182 e. The van der Waals surface area contributed by atoms with E-state index in [1.165, 1.54) is 6.26 Å². The molecule has 0 amide bonds. The molecule has 0 unspecified atom stereocenters. The number of hydrogen-bond acceptors (Lipinski definition) is 6. The summed E-state index contributed by atoms with van der Waals surface area (Å²) in [5.74, 6) is 0.199. The van der Waals surface area contributed by atoms with Crippen molar-refractivity contribution in [3.63, 3.8) is 0 Å². The Balaban J connectivity index is 2.51. The number of rotatable bonds is 8. The predicted molar refractivity (Wildman–Crippen MR) is 76.9 cm³/mol. The Morgan fingerprint density at radius 1 is 1.44 bits per heavy atom. The van der Waals surface area contributed by atoms with Crippen LogP contribution in [0.4, 0.5) is 5.13 Å². The van der Waals surface area contributed by atoms with Gasteiger partial charge in [0.1, 0.15) is 9.84 Å². The topological polar surface area (TPSA) is 62.3 Å². The van der Waals surface area contributed by atoms with Gasteiger partial charge in [0.25, 0.3) is 0 Å². The second-order valence-electron chi connectivity index (χ2n) is 4.17. The largest absolute Gasteiger partial charge is 0.362 e. The molecule has 1 aromatic rings. The third-order valence-electron chi connectivity index (χ3n) is 2.49. The normalized spacial score (nSPS) is 12.0. The maximum atomic E-state index is 11.1. The van der Waals surface area contributed by atoms with Gasteiger partial charge in [-0.15, -0.1) is 11.3 Å². The van der Waals surface area contributed by atoms with Crippen LogP contribution in [0.5, 0.6) is 0 Å². The van der Waals surface area contributed by atoms with Crippen LogP contribution in [0.2, 0.25) is 0 Å². The second kappa shape index (κ2) is 7.06. The van der Waals surface area contributed by atoms with Crippen molar-refractivity contribution in [2.75, 3.05) is 37.0 Å². The van der Waals surface area contributed by atoms with E-state index in [1.54, 1.807) is 11.3 Å². The first-order valence-corrected chi connectivity index (χ1v) is 8.97. The Morgan fingerprint density at radius 2 is 2.17 bits per heavy atom. The molecule has 0 aliphatic carbocycles. The second-order valence-corrected chi connectivity index (χ2v) is 7.29. The molecule has 7 heteroatoms. The number of nitrogens with zero attached hydrogens (tertiary/aromatic N) is 2. The van der Waals surface area contributed by atoms with Crippen LogP contribution in [0.1, 0.15) is 19.5 Å². The minimum Gasteiger partial charge on any atom is -0.362 e. The molecule has 0 spiro atoms. The van der Waals surface area contributed by atoms with Gasteiger partial charge in [-0.1, -0.05) is 6.92 Å². The van der Waals surface area contributed by atoms with Crippen LogP contribution in [-0.2, 0) is 16.4 Å². The van der Waals surface area contributed by atoms with Gasteiger partial charge in [-0.05, 0) is 13.5 Å². The fraction of sp³-hybridized carbons (Fsp3) is 0.727. The fourth-order valence-corrected chi connectivity index (χ4v) is 2.85. The van der Waals surface area contributed by atoms with E-state index in [0.29, 0.717) is 13.1 Å². The zero-order chi connectivity index (χ0) is 13.6. The van der Waals surface area contributed by atoms with Gasteiger partial charge in [0, 0.05) is 31.3 Å². The molecule has 0 saturated heterocycles. The molecule has 0 radical (unpaired) electrons. The van der Waals surface area contributed by atoms with Gasteiger partial charge in [-0.3, -0.25) is 4.90 Å². The highest BCUT2D eigenvalue weighted by Gasteiger charge is 2.10. The van der Waals surface area contributed by atoms with Crippen LogP contribution >= 0.6 is 11.3 Å². The number of anilines is 1. The number of aromatic nitrogens is 1. The van der Waals surface area contributed by atoms with Crippen LogP contribution in [0, 0.1) is 0 Å². The molecule has 1 heterocycles. The average Bonchev–Trinajstić information content (AvgIpc) is 2.71. The molecule has 5 nitrogen and oxygen atoms in total. The van der Waals surface area contributed by atoms with Crippen molar-refractivity contribution in [1.82, 2.24) is 9.88 Å². The van der Waals surface area contributed by atoms with Crippen molar-refractivity contribution in [2.45, 2.75) is 20.4 Å². The van der Waals surface area contributed by atoms with Gasteiger partial charge in [0.2, 0.25) is 0 Å². The summed E-state index contributed by atoms with van der Waals surface area (Å²) in [7, 11) is -2.90. The molecule has 104 valence electrons. The molecule has 1 N–H and O–H groups in total. The Bertz CT molecular complexity index is 457. The van der Waals surface area contributed by atoms with E-state index < -0.39 is 9.84 Å². The van der Waals surface area contributed by atoms with E-state index in [9.17, 15) is 8.42 Å². The van der Waals surface area contributed by atoms with Crippen LogP contribution in [-0.4, -0.2) is 49.9 Å². The molecule has 0 saturated carbocycles. The summed E-state index contributed by atoms with van der Waals surface area (Å²) in [6, 6.07) is 0. The van der Waals surface area contributed by atoms with Crippen LogP contribution < -0.4 is 5.32 Å². The molecule has 1 aromatic heterocycles. The standard InChI is InChI=1S/C11H21N3O2S2/c1-4-12-11-13-10(9-17-11)8-14(5-2)6-7-18(3,15)16/h9H,4-8H2,1-3H3,(H,12,13). The molecule has 0 bridgehead atoms. The van der Waals surface area contributed by atoms with Gasteiger partial charge in [-0.2, -0.15) is 0 Å². The average molecular weight is 291 g/mol. The highest BCUT2D eigenvalue weighted by atomic mass is 32.2. The minimum absolute atomic E-state index is 0.199. The van der Waals surface area contributed by atoms with Gasteiger partial charge < -0.3 is 5.32 Å². The van der Waals surface area contributed by atoms with Crippen molar-refractivity contribution < 1.29 is 8.42 Å². The molecule has 18 heavy (non-hydrogen) atoms. The summed E-state index contributed by atoms with van der Waals surface area (Å²) in [6.45, 7) is 7.00. The monoisotopic (exact) mass is 291 g/mol. The van der Waals surface area contributed by atoms with Crippen molar-refractivity contribution in [3.05, 3.63) is 11.1 Å².